The highest BCUT2D eigenvalue weighted by molar-refractivity contribution is 5.39. The van der Waals surface area contributed by atoms with Crippen molar-refractivity contribution in [1.29, 1.82) is 0 Å². The first-order valence-corrected chi connectivity index (χ1v) is 4.15. The minimum atomic E-state index is 0.576. The van der Waals surface area contributed by atoms with E-state index >= 15 is 0 Å². The second-order valence-electron chi connectivity index (χ2n) is 2.67. The first-order valence-electron chi connectivity index (χ1n) is 4.15. The van der Waals surface area contributed by atoms with Gasteiger partial charge in [-0.25, -0.2) is 0 Å². The molecule has 0 fully saturated rings. The average molecular weight is 153 g/mol. The molecular formula is C9H15NO. The predicted octanol–water partition coefficient (Wildman–Crippen LogP) is 2.88. The molecule has 0 saturated heterocycles. The van der Waals surface area contributed by atoms with E-state index in [4.69, 9.17) is 4.42 Å². The van der Waals surface area contributed by atoms with Gasteiger partial charge in [0.1, 0.15) is 6.26 Å². The highest BCUT2D eigenvalue weighted by Gasteiger charge is 2.02. The normalized spacial score (nSPS) is 10.5. The lowest BCUT2D eigenvalue weighted by Crippen LogP contribution is -2.16. The van der Waals surface area contributed by atoms with Crippen LogP contribution in [0.25, 0.3) is 0 Å². The van der Waals surface area contributed by atoms with E-state index in [1.165, 1.54) is 0 Å². The standard InChI is InChI=1S/C9H15NO/c1-3-8(4-2)10-9-5-6-11-7-9/h5-8,10H,3-4H2,1-2H3. The topological polar surface area (TPSA) is 25.2 Å². The Balaban J connectivity index is 2.41. The van der Waals surface area contributed by atoms with Crippen molar-refractivity contribution in [3.8, 4) is 0 Å². The average Bonchev–Trinajstić information content (AvgIpc) is 2.52. The molecule has 0 bridgehead atoms. The molecule has 0 spiro atoms. The molecule has 1 rings (SSSR count). The molecule has 62 valence electrons. The molecule has 0 aliphatic carbocycles. The number of furan rings is 1. The van der Waals surface area contributed by atoms with Crippen molar-refractivity contribution in [1.82, 2.24) is 0 Å². The maximum absolute atomic E-state index is 4.94. The van der Waals surface area contributed by atoms with Crippen LogP contribution in [0.4, 0.5) is 5.69 Å². The molecule has 0 aliphatic heterocycles. The van der Waals surface area contributed by atoms with E-state index in [1.807, 2.05) is 6.07 Å². The summed E-state index contributed by atoms with van der Waals surface area (Å²) in [6, 6.07) is 2.52. The number of hydrogen-bond donors (Lipinski definition) is 1. The molecule has 1 heterocycles. The quantitative estimate of drug-likeness (QED) is 0.719. The maximum atomic E-state index is 4.94. The lowest BCUT2D eigenvalue weighted by Gasteiger charge is -2.13. The molecule has 1 N–H and O–H groups in total. The fourth-order valence-corrected chi connectivity index (χ4v) is 1.08. The van der Waals surface area contributed by atoms with E-state index in [9.17, 15) is 0 Å². The van der Waals surface area contributed by atoms with Gasteiger partial charge in [-0.2, -0.15) is 0 Å². The summed E-state index contributed by atoms with van der Waals surface area (Å²) in [4.78, 5) is 0. The Hall–Kier alpha value is -0.920. The van der Waals surface area contributed by atoms with Crippen molar-refractivity contribution in [3.05, 3.63) is 18.6 Å². The molecule has 1 aromatic rings. The van der Waals surface area contributed by atoms with Gasteiger partial charge >= 0.3 is 0 Å². The number of rotatable bonds is 4. The third-order valence-electron chi connectivity index (χ3n) is 1.88. The Morgan fingerprint density at radius 3 is 2.64 bits per heavy atom. The molecule has 0 unspecified atom stereocenters. The summed E-state index contributed by atoms with van der Waals surface area (Å²) < 4.78 is 4.94. The Kier molecular flexibility index (Phi) is 3.02. The van der Waals surface area contributed by atoms with Crippen LogP contribution in [0.2, 0.25) is 0 Å². The molecule has 1 aromatic heterocycles. The van der Waals surface area contributed by atoms with Crippen molar-refractivity contribution < 1.29 is 4.42 Å². The van der Waals surface area contributed by atoms with Crippen LogP contribution in [0.15, 0.2) is 23.0 Å². The Bertz CT molecular complexity index is 177. The molecule has 11 heavy (non-hydrogen) atoms. The second-order valence-corrected chi connectivity index (χ2v) is 2.67. The van der Waals surface area contributed by atoms with Gasteiger partial charge in [0.25, 0.3) is 0 Å². The fraction of sp³-hybridized carbons (Fsp3) is 0.556. The molecular weight excluding hydrogens is 138 g/mol. The van der Waals surface area contributed by atoms with Crippen molar-refractivity contribution in [2.24, 2.45) is 0 Å². The smallest absolute Gasteiger partial charge is 0.113 e. The molecule has 0 amide bonds. The van der Waals surface area contributed by atoms with Gasteiger partial charge in [-0.1, -0.05) is 13.8 Å². The van der Waals surface area contributed by atoms with Crippen molar-refractivity contribution >= 4 is 5.69 Å². The predicted molar refractivity (Wildman–Crippen MR) is 46.7 cm³/mol. The van der Waals surface area contributed by atoms with Gasteiger partial charge in [0.05, 0.1) is 12.0 Å². The SMILES string of the molecule is CCC(CC)Nc1ccoc1. The molecule has 0 atom stereocenters. The minimum Gasteiger partial charge on any atom is -0.470 e. The lowest BCUT2D eigenvalue weighted by atomic mass is 10.2. The van der Waals surface area contributed by atoms with Crippen molar-refractivity contribution in [2.75, 3.05) is 5.32 Å². The number of anilines is 1. The fourth-order valence-electron chi connectivity index (χ4n) is 1.08. The van der Waals surface area contributed by atoms with Crippen LogP contribution in [-0.2, 0) is 0 Å². The van der Waals surface area contributed by atoms with E-state index in [0.717, 1.165) is 18.5 Å². The van der Waals surface area contributed by atoms with Crippen LogP contribution in [0.3, 0.4) is 0 Å². The molecule has 2 heteroatoms. The highest BCUT2D eigenvalue weighted by atomic mass is 16.3. The zero-order valence-corrected chi connectivity index (χ0v) is 7.13. The van der Waals surface area contributed by atoms with Gasteiger partial charge in [-0.3, -0.25) is 0 Å². The van der Waals surface area contributed by atoms with E-state index < -0.39 is 0 Å². The summed E-state index contributed by atoms with van der Waals surface area (Å²) in [5.41, 5.74) is 1.08. The van der Waals surface area contributed by atoms with Crippen LogP contribution < -0.4 is 5.32 Å². The van der Waals surface area contributed by atoms with E-state index in [-0.39, 0.29) is 0 Å². The first-order chi connectivity index (χ1) is 5.36. The Morgan fingerprint density at radius 1 is 1.45 bits per heavy atom. The summed E-state index contributed by atoms with van der Waals surface area (Å²) in [5.74, 6) is 0. The third-order valence-corrected chi connectivity index (χ3v) is 1.88. The van der Waals surface area contributed by atoms with E-state index in [2.05, 4.69) is 19.2 Å². The van der Waals surface area contributed by atoms with Crippen molar-refractivity contribution in [2.45, 2.75) is 32.7 Å². The molecule has 0 radical (unpaired) electrons. The van der Waals surface area contributed by atoms with Crippen LogP contribution in [-0.4, -0.2) is 6.04 Å². The Morgan fingerprint density at radius 2 is 2.18 bits per heavy atom. The van der Waals surface area contributed by atoms with Gasteiger partial charge in [0.15, 0.2) is 0 Å². The van der Waals surface area contributed by atoms with Crippen molar-refractivity contribution in [3.63, 3.8) is 0 Å². The lowest BCUT2D eigenvalue weighted by molar-refractivity contribution is 0.566. The Labute approximate surface area is 67.6 Å². The third kappa shape index (κ3) is 2.30. The van der Waals surface area contributed by atoms with Crippen LogP contribution >= 0.6 is 0 Å². The molecule has 0 aromatic carbocycles. The largest absolute Gasteiger partial charge is 0.470 e. The van der Waals surface area contributed by atoms with Crippen LogP contribution in [0.1, 0.15) is 26.7 Å². The van der Waals surface area contributed by atoms with Gasteiger partial charge < -0.3 is 9.73 Å². The monoisotopic (exact) mass is 153 g/mol. The molecule has 0 aliphatic rings. The van der Waals surface area contributed by atoms with Gasteiger partial charge in [0, 0.05) is 6.04 Å². The zero-order valence-electron chi connectivity index (χ0n) is 7.13. The van der Waals surface area contributed by atoms with Gasteiger partial charge in [0.2, 0.25) is 0 Å². The summed E-state index contributed by atoms with van der Waals surface area (Å²) in [6.07, 6.45) is 5.73. The minimum absolute atomic E-state index is 0.576. The summed E-state index contributed by atoms with van der Waals surface area (Å²) >= 11 is 0. The summed E-state index contributed by atoms with van der Waals surface area (Å²) in [7, 11) is 0. The first kappa shape index (κ1) is 8.18. The highest BCUT2D eigenvalue weighted by Crippen LogP contribution is 2.11. The summed E-state index contributed by atoms with van der Waals surface area (Å²) in [5, 5.41) is 3.36. The maximum Gasteiger partial charge on any atom is 0.113 e. The zero-order chi connectivity index (χ0) is 8.10. The van der Waals surface area contributed by atoms with Crippen LogP contribution in [0.5, 0.6) is 0 Å². The van der Waals surface area contributed by atoms with Gasteiger partial charge in [-0.05, 0) is 18.9 Å². The molecule has 2 nitrogen and oxygen atoms in total. The van der Waals surface area contributed by atoms with Gasteiger partial charge in [-0.15, -0.1) is 0 Å². The summed E-state index contributed by atoms with van der Waals surface area (Å²) in [6.45, 7) is 4.36. The van der Waals surface area contributed by atoms with Crippen LogP contribution in [0, 0.1) is 0 Å². The number of hydrogen-bond acceptors (Lipinski definition) is 2. The van der Waals surface area contributed by atoms with E-state index in [0.29, 0.717) is 6.04 Å². The van der Waals surface area contributed by atoms with E-state index in [1.54, 1.807) is 12.5 Å². The molecule has 0 saturated carbocycles. The number of nitrogens with one attached hydrogen (secondary N) is 1. The second kappa shape index (κ2) is 4.06.